The zero-order valence-corrected chi connectivity index (χ0v) is 15.2. The summed E-state index contributed by atoms with van der Waals surface area (Å²) in [5.74, 6) is 0.231. The molecule has 0 saturated heterocycles. The molecule has 0 atom stereocenters. The third-order valence-corrected chi connectivity index (χ3v) is 3.97. The molecule has 1 aromatic heterocycles. The summed E-state index contributed by atoms with van der Waals surface area (Å²) in [6, 6.07) is 9.93. The van der Waals surface area contributed by atoms with Crippen LogP contribution in [-0.4, -0.2) is 29.3 Å². The first-order valence-electron chi connectivity index (χ1n) is 8.39. The van der Waals surface area contributed by atoms with E-state index < -0.39 is 5.91 Å². The smallest absolute Gasteiger partial charge is 0.274 e. The van der Waals surface area contributed by atoms with Crippen molar-refractivity contribution >= 4 is 12.0 Å². The fraction of sp³-hybridized carbons (Fsp3) is 0.250. The molecule has 2 rings (SSSR count). The molecule has 0 bridgehead atoms. The van der Waals surface area contributed by atoms with Crippen LogP contribution in [0.1, 0.15) is 16.8 Å². The first-order valence-corrected chi connectivity index (χ1v) is 8.39. The number of rotatable bonds is 9. The maximum Gasteiger partial charge on any atom is 0.274 e. The average Bonchev–Trinajstić information content (AvgIpc) is 2.99. The highest BCUT2D eigenvalue weighted by molar-refractivity contribution is 5.99. The van der Waals surface area contributed by atoms with Crippen molar-refractivity contribution in [3.63, 3.8) is 0 Å². The van der Waals surface area contributed by atoms with Crippen molar-refractivity contribution in [3.05, 3.63) is 71.6 Å². The standard InChI is InChI=1S/C20H25N3O3/c1-4-17(20(24)22-25)13-19-15(2)8-9-23(19)10-11-26-18-7-5-6-16(12-18)14-21-3/h4-9,12-13,21,25H,1,10-11,14H2,2-3H3,(H,22,24)/b17-13+. The third kappa shape index (κ3) is 5.08. The van der Waals surface area contributed by atoms with Crippen LogP contribution in [0.4, 0.5) is 0 Å². The van der Waals surface area contributed by atoms with Gasteiger partial charge in [0.1, 0.15) is 12.4 Å². The monoisotopic (exact) mass is 355 g/mol. The van der Waals surface area contributed by atoms with Crippen LogP contribution < -0.4 is 15.5 Å². The van der Waals surface area contributed by atoms with Gasteiger partial charge in [-0.15, -0.1) is 0 Å². The Bertz CT molecular complexity index is 793. The number of amides is 1. The zero-order valence-electron chi connectivity index (χ0n) is 15.2. The molecular weight excluding hydrogens is 330 g/mol. The van der Waals surface area contributed by atoms with E-state index in [1.807, 2.05) is 55.1 Å². The molecule has 0 aliphatic carbocycles. The van der Waals surface area contributed by atoms with Crippen molar-refractivity contribution in [1.82, 2.24) is 15.4 Å². The van der Waals surface area contributed by atoms with Crippen LogP contribution in [0.2, 0.25) is 0 Å². The maximum atomic E-state index is 11.6. The Morgan fingerprint density at radius 2 is 2.19 bits per heavy atom. The van der Waals surface area contributed by atoms with Crippen molar-refractivity contribution in [2.24, 2.45) is 0 Å². The van der Waals surface area contributed by atoms with Gasteiger partial charge in [-0.05, 0) is 49.4 Å². The molecular formula is C20H25N3O3. The number of ether oxygens (including phenoxy) is 1. The predicted octanol–water partition coefficient (Wildman–Crippen LogP) is 2.67. The number of carbonyl (C=O) groups excluding carboxylic acids is 1. The molecule has 0 unspecified atom stereocenters. The second-order valence-corrected chi connectivity index (χ2v) is 5.85. The van der Waals surface area contributed by atoms with Crippen LogP contribution in [0.5, 0.6) is 5.75 Å². The lowest BCUT2D eigenvalue weighted by molar-refractivity contribution is -0.124. The summed E-state index contributed by atoms with van der Waals surface area (Å²) in [4.78, 5) is 11.6. The summed E-state index contributed by atoms with van der Waals surface area (Å²) in [5.41, 5.74) is 4.97. The molecule has 0 aliphatic rings. The van der Waals surface area contributed by atoms with Crippen LogP contribution in [0, 0.1) is 6.92 Å². The van der Waals surface area contributed by atoms with E-state index in [9.17, 15) is 4.79 Å². The fourth-order valence-corrected chi connectivity index (χ4v) is 2.63. The normalized spacial score (nSPS) is 11.3. The number of hydroxylamine groups is 1. The molecule has 0 aliphatic heterocycles. The molecule has 1 aromatic carbocycles. The summed E-state index contributed by atoms with van der Waals surface area (Å²) in [6.45, 7) is 7.49. The van der Waals surface area contributed by atoms with Gasteiger partial charge in [0.2, 0.25) is 0 Å². The van der Waals surface area contributed by atoms with Crippen LogP contribution in [0.25, 0.3) is 6.08 Å². The van der Waals surface area contributed by atoms with Crippen LogP contribution >= 0.6 is 0 Å². The number of aromatic nitrogens is 1. The van der Waals surface area contributed by atoms with E-state index in [-0.39, 0.29) is 5.57 Å². The van der Waals surface area contributed by atoms with E-state index >= 15 is 0 Å². The molecule has 6 heteroatoms. The highest BCUT2D eigenvalue weighted by Gasteiger charge is 2.09. The minimum atomic E-state index is -0.593. The highest BCUT2D eigenvalue weighted by Crippen LogP contribution is 2.17. The molecule has 6 nitrogen and oxygen atoms in total. The van der Waals surface area contributed by atoms with Crippen LogP contribution in [-0.2, 0) is 17.9 Å². The number of carbonyl (C=O) groups is 1. The molecule has 0 spiro atoms. The number of aryl methyl sites for hydroxylation is 1. The number of benzene rings is 1. The van der Waals surface area contributed by atoms with Crippen molar-refractivity contribution in [3.8, 4) is 5.75 Å². The van der Waals surface area contributed by atoms with Gasteiger partial charge in [0, 0.05) is 24.0 Å². The molecule has 26 heavy (non-hydrogen) atoms. The van der Waals surface area contributed by atoms with Gasteiger partial charge in [0.05, 0.1) is 6.54 Å². The first-order chi connectivity index (χ1) is 12.6. The van der Waals surface area contributed by atoms with Gasteiger partial charge >= 0.3 is 0 Å². The van der Waals surface area contributed by atoms with Gasteiger partial charge in [-0.3, -0.25) is 10.0 Å². The molecule has 1 amide bonds. The summed E-state index contributed by atoms with van der Waals surface area (Å²) >= 11 is 0. The lowest BCUT2D eigenvalue weighted by atomic mass is 10.1. The van der Waals surface area contributed by atoms with E-state index in [0.29, 0.717) is 13.2 Å². The lowest BCUT2D eigenvalue weighted by Crippen LogP contribution is -2.20. The van der Waals surface area contributed by atoms with E-state index in [2.05, 4.69) is 11.9 Å². The SMILES string of the molecule is C=C/C(=C\c1c(C)ccn1CCOc1cccc(CNC)c1)C(=O)NO. The second kappa shape index (κ2) is 9.60. The van der Waals surface area contributed by atoms with E-state index in [0.717, 1.165) is 29.1 Å². The van der Waals surface area contributed by atoms with E-state index in [4.69, 9.17) is 9.94 Å². The molecule has 1 heterocycles. The van der Waals surface area contributed by atoms with Crippen molar-refractivity contribution in [1.29, 1.82) is 0 Å². The average molecular weight is 355 g/mol. The largest absolute Gasteiger partial charge is 0.492 e. The number of hydrogen-bond donors (Lipinski definition) is 3. The Balaban J connectivity index is 2.07. The van der Waals surface area contributed by atoms with Gasteiger partial charge in [0.15, 0.2) is 0 Å². The topological polar surface area (TPSA) is 75.5 Å². The van der Waals surface area contributed by atoms with Gasteiger partial charge < -0.3 is 14.6 Å². The van der Waals surface area contributed by atoms with E-state index in [1.54, 1.807) is 11.6 Å². The minimum Gasteiger partial charge on any atom is -0.492 e. The zero-order chi connectivity index (χ0) is 18.9. The minimum absolute atomic E-state index is 0.288. The molecule has 138 valence electrons. The third-order valence-electron chi connectivity index (χ3n) is 3.97. The number of nitrogens with one attached hydrogen (secondary N) is 2. The quantitative estimate of drug-likeness (QED) is 0.280. The fourth-order valence-electron chi connectivity index (χ4n) is 2.63. The summed E-state index contributed by atoms with van der Waals surface area (Å²) < 4.78 is 7.85. The van der Waals surface area contributed by atoms with Gasteiger partial charge in [-0.1, -0.05) is 24.8 Å². The lowest BCUT2D eigenvalue weighted by Gasteiger charge is -2.11. The number of nitrogens with zero attached hydrogens (tertiary/aromatic N) is 1. The summed E-state index contributed by atoms with van der Waals surface area (Å²) in [7, 11) is 1.91. The van der Waals surface area contributed by atoms with Crippen molar-refractivity contribution < 1.29 is 14.7 Å². The second-order valence-electron chi connectivity index (χ2n) is 5.85. The first kappa shape index (κ1) is 19.5. The summed E-state index contributed by atoms with van der Waals surface area (Å²) in [5, 5.41) is 11.9. The summed E-state index contributed by atoms with van der Waals surface area (Å²) in [6.07, 6.45) is 5.05. The Hall–Kier alpha value is -2.83. The maximum absolute atomic E-state index is 11.6. The van der Waals surface area contributed by atoms with E-state index in [1.165, 1.54) is 6.08 Å². The Kier molecular flexibility index (Phi) is 7.20. The van der Waals surface area contributed by atoms with Crippen LogP contribution in [0.15, 0.2) is 54.8 Å². The Labute approximate surface area is 153 Å². The number of hydrogen-bond acceptors (Lipinski definition) is 4. The molecule has 0 radical (unpaired) electrons. The highest BCUT2D eigenvalue weighted by atomic mass is 16.5. The molecule has 2 aromatic rings. The molecule has 0 saturated carbocycles. The van der Waals surface area contributed by atoms with Gasteiger partial charge in [-0.25, -0.2) is 5.48 Å². The van der Waals surface area contributed by atoms with Crippen molar-refractivity contribution in [2.75, 3.05) is 13.7 Å². The van der Waals surface area contributed by atoms with Gasteiger partial charge in [-0.2, -0.15) is 0 Å². The van der Waals surface area contributed by atoms with Crippen LogP contribution in [0.3, 0.4) is 0 Å². The Morgan fingerprint density at radius 1 is 1.38 bits per heavy atom. The van der Waals surface area contributed by atoms with Crippen molar-refractivity contribution in [2.45, 2.75) is 20.0 Å². The Morgan fingerprint density at radius 3 is 2.88 bits per heavy atom. The predicted molar refractivity (Wildman–Crippen MR) is 102 cm³/mol. The van der Waals surface area contributed by atoms with Gasteiger partial charge in [0.25, 0.3) is 5.91 Å². The molecule has 3 N–H and O–H groups in total. The molecule has 0 fully saturated rings.